The number of nitrogens with two attached hydrogens (primary N) is 1. The van der Waals surface area contributed by atoms with Crippen molar-refractivity contribution in [1.82, 2.24) is 15.3 Å². The summed E-state index contributed by atoms with van der Waals surface area (Å²) in [5.74, 6) is 1.16. The number of nitrogens with one attached hydrogen (secondary N) is 2. The van der Waals surface area contributed by atoms with Crippen molar-refractivity contribution in [2.75, 3.05) is 24.1 Å². The van der Waals surface area contributed by atoms with Crippen molar-refractivity contribution in [3.8, 4) is 0 Å². The van der Waals surface area contributed by atoms with Gasteiger partial charge in [-0.2, -0.15) is 4.98 Å². The van der Waals surface area contributed by atoms with Crippen molar-refractivity contribution in [3.05, 3.63) is 46.6 Å². The van der Waals surface area contributed by atoms with Crippen molar-refractivity contribution in [2.45, 2.75) is 39.2 Å². The summed E-state index contributed by atoms with van der Waals surface area (Å²) in [6.45, 7) is 5.12. The van der Waals surface area contributed by atoms with Crippen LogP contribution >= 0.6 is 0 Å². The van der Waals surface area contributed by atoms with Crippen LogP contribution in [0.5, 0.6) is 0 Å². The lowest BCUT2D eigenvalue weighted by molar-refractivity contribution is 0.643. The van der Waals surface area contributed by atoms with Crippen LogP contribution in [0.1, 0.15) is 42.1 Å². The van der Waals surface area contributed by atoms with Gasteiger partial charge in [-0.05, 0) is 36.1 Å². The van der Waals surface area contributed by atoms with Crippen LogP contribution in [0.3, 0.4) is 0 Å². The third-order valence-corrected chi connectivity index (χ3v) is 4.18. The molecule has 2 heterocycles. The minimum absolute atomic E-state index is 0.337. The molecule has 0 saturated heterocycles. The van der Waals surface area contributed by atoms with Crippen LogP contribution in [-0.4, -0.2) is 23.1 Å². The zero-order chi connectivity index (χ0) is 16.1. The number of nitrogen functional groups attached to an aromatic ring is 1. The molecule has 0 aliphatic carbocycles. The van der Waals surface area contributed by atoms with Crippen LogP contribution in [0.4, 0.5) is 11.8 Å². The maximum absolute atomic E-state index is 5.86. The molecule has 3 rings (SSSR count). The summed E-state index contributed by atoms with van der Waals surface area (Å²) in [6.07, 6.45) is 4.16. The molecule has 5 heteroatoms. The van der Waals surface area contributed by atoms with Crippen LogP contribution in [0, 0.1) is 0 Å². The predicted octanol–water partition coefficient (Wildman–Crippen LogP) is 2.51. The van der Waals surface area contributed by atoms with Crippen molar-refractivity contribution in [3.63, 3.8) is 0 Å². The Hall–Kier alpha value is -2.14. The lowest BCUT2D eigenvalue weighted by Gasteiger charge is -2.18. The zero-order valence-corrected chi connectivity index (χ0v) is 13.7. The maximum atomic E-state index is 5.86. The standard InChI is InChI=1S/C18H25N5/c1-2-3-7-21-17-11-16(22-18(19)23-17)10-13-4-5-15-12-20-8-6-14(15)9-13/h4-5,9,11,20H,2-3,6-8,10,12H2,1H3,(H3,19,21,22,23). The first-order valence-electron chi connectivity index (χ1n) is 8.43. The molecule has 1 aromatic carbocycles. The van der Waals surface area contributed by atoms with Gasteiger partial charge in [-0.1, -0.05) is 31.5 Å². The topological polar surface area (TPSA) is 75.9 Å². The van der Waals surface area contributed by atoms with Crippen molar-refractivity contribution in [2.24, 2.45) is 0 Å². The largest absolute Gasteiger partial charge is 0.370 e. The molecule has 0 amide bonds. The van der Waals surface area contributed by atoms with Gasteiger partial charge < -0.3 is 16.4 Å². The molecule has 0 radical (unpaired) electrons. The van der Waals surface area contributed by atoms with E-state index in [1.54, 1.807) is 0 Å². The smallest absolute Gasteiger partial charge is 0.222 e. The molecule has 0 fully saturated rings. The molecule has 0 unspecified atom stereocenters. The van der Waals surface area contributed by atoms with E-state index in [1.165, 1.54) is 16.7 Å². The second kappa shape index (κ2) is 7.42. The second-order valence-corrected chi connectivity index (χ2v) is 6.09. The zero-order valence-electron chi connectivity index (χ0n) is 13.7. The van der Waals surface area contributed by atoms with E-state index in [2.05, 4.69) is 45.7 Å². The predicted molar refractivity (Wildman–Crippen MR) is 94.5 cm³/mol. The normalized spacial score (nSPS) is 13.6. The molecule has 0 saturated carbocycles. The molecule has 1 aliphatic heterocycles. The summed E-state index contributed by atoms with van der Waals surface area (Å²) >= 11 is 0. The van der Waals surface area contributed by atoms with Crippen LogP contribution in [0.2, 0.25) is 0 Å². The highest BCUT2D eigenvalue weighted by atomic mass is 15.1. The SMILES string of the molecule is CCCCNc1cc(Cc2ccc3c(c2)CCNC3)nc(N)n1. The van der Waals surface area contributed by atoms with E-state index in [0.29, 0.717) is 5.95 Å². The third kappa shape index (κ3) is 4.20. The van der Waals surface area contributed by atoms with E-state index < -0.39 is 0 Å². The molecular formula is C18H25N5. The summed E-state index contributed by atoms with van der Waals surface area (Å²) < 4.78 is 0. The second-order valence-electron chi connectivity index (χ2n) is 6.09. The molecule has 0 spiro atoms. The number of nitrogens with zero attached hydrogens (tertiary/aromatic N) is 2. The number of benzene rings is 1. The van der Waals surface area contributed by atoms with E-state index in [0.717, 1.165) is 56.8 Å². The highest BCUT2D eigenvalue weighted by Crippen LogP contribution is 2.19. The van der Waals surface area contributed by atoms with Crippen molar-refractivity contribution < 1.29 is 0 Å². The van der Waals surface area contributed by atoms with Gasteiger partial charge in [-0.15, -0.1) is 0 Å². The molecule has 23 heavy (non-hydrogen) atoms. The average molecular weight is 311 g/mol. The Morgan fingerprint density at radius 1 is 1.22 bits per heavy atom. The van der Waals surface area contributed by atoms with Gasteiger partial charge in [0.15, 0.2) is 0 Å². The first-order chi connectivity index (χ1) is 11.2. The highest BCUT2D eigenvalue weighted by Gasteiger charge is 2.10. The quantitative estimate of drug-likeness (QED) is 0.715. The Morgan fingerprint density at radius 3 is 3.00 bits per heavy atom. The average Bonchev–Trinajstić information content (AvgIpc) is 2.54. The lowest BCUT2D eigenvalue weighted by Crippen LogP contribution is -2.23. The molecule has 5 nitrogen and oxygen atoms in total. The van der Waals surface area contributed by atoms with E-state index in [9.17, 15) is 0 Å². The van der Waals surface area contributed by atoms with Crippen LogP contribution in [0.15, 0.2) is 24.3 Å². The van der Waals surface area contributed by atoms with Gasteiger partial charge >= 0.3 is 0 Å². The molecule has 0 atom stereocenters. The summed E-state index contributed by atoms with van der Waals surface area (Å²) in [4.78, 5) is 8.65. The Bertz CT molecular complexity index is 668. The minimum Gasteiger partial charge on any atom is -0.370 e. The van der Waals surface area contributed by atoms with E-state index in [-0.39, 0.29) is 0 Å². The van der Waals surface area contributed by atoms with Gasteiger partial charge in [-0.3, -0.25) is 0 Å². The molecular weight excluding hydrogens is 286 g/mol. The summed E-state index contributed by atoms with van der Waals surface area (Å²) in [6, 6.07) is 8.72. The van der Waals surface area contributed by atoms with Gasteiger partial charge in [0.05, 0.1) is 5.69 Å². The van der Waals surface area contributed by atoms with Crippen LogP contribution in [-0.2, 0) is 19.4 Å². The maximum Gasteiger partial charge on any atom is 0.222 e. The number of aromatic nitrogens is 2. The first kappa shape index (κ1) is 15.7. The number of rotatable bonds is 6. The van der Waals surface area contributed by atoms with E-state index in [4.69, 9.17) is 5.73 Å². The Labute approximate surface area is 137 Å². The molecule has 1 aromatic heterocycles. The van der Waals surface area contributed by atoms with Gasteiger partial charge in [0.1, 0.15) is 5.82 Å². The Balaban J connectivity index is 1.74. The van der Waals surface area contributed by atoms with Crippen LogP contribution in [0.25, 0.3) is 0 Å². The number of anilines is 2. The van der Waals surface area contributed by atoms with E-state index in [1.807, 2.05) is 6.07 Å². The Morgan fingerprint density at radius 2 is 2.13 bits per heavy atom. The summed E-state index contributed by atoms with van der Waals surface area (Å²) in [7, 11) is 0. The van der Waals surface area contributed by atoms with Gasteiger partial charge in [-0.25, -0.2) is 4.98 Å². The third-order valence-electron chi connectivity index (χ3n) is 4.18. The van der Waals surface area contributed by atoms with E-state index >= 15 is 0 Å². The summed E-state index contributed by atoms with van der Waals surface area (Å²) in [5, 5.41) is 6.73. The highest BCUT2D eigenvalue weighted by molar-refractivity contribution is 5.42. The fourth-order valence-electron chi connectivity index (χ4n) is 2.94. The monoisotopic (exact) mass is 311 g/mol. The fraction of sp³-hybridized carbons (Fsp3) is 0.444. The number of fused-ring (bicyclic) bond motifs is 1. The van der Waals surface area contributed by atoms with Crippen LogP contribution < -0.4 is 16.4 Å². The number of unbranched alkanes of at least 4 members (excludes halogenated alkanes) is 1. The minimum atomic E-state index is 0.337. The molecule has 1 aliphatic rings. The molecule has 122 valence electrons. The molecule has 2 aromatic rings. The Kier molecular flexibility index (Phi) is 5.08. The van der Waals surface area contributed by atoms with Gasteiger partial charge in [0.2, 0.25) is 5.95 Å². The first-order valence-corrected chi connectivity index (χ1v) is 8.43. The van der Waals surface area contributed by atoms with Crippen molar-refractivity contribution >= 4 is 11.8 Å². The van der Waals surface area contributed by atoms with Gasteiger partial charge in [0.25, 0.3) is 0 Å². The van der Waals surface area contributed by atoms with Crippen molar-refractivity contribution in [1.29, 1.82) is 0 Å². The number of hydrogen-bond acceptors (Lipinski definition) is 5. The molecule has 4 N–H and O–H groups in total. The fourth-order valence-corrected chi connectivity index (χ4v) is 2.94. The van der Waals surface area contributed by atoms with Gasteiger partial charge in [0, 0.05) is 25.6 Å². The number of hydrogen-bond donors (Lipinski definition) is 3. The molecule has 0 bridgehead atoms. The lowest BCUT2D eigenvalue weighted by atomic mass is 9.97. The summed E-state index contributed by atoms with van der Waals surface area (Å²) in [5.41, 5.74) is 11.0.